The third kappa shape index (κ3) is 5.48. The van der Waals surface area contributed by atoms with Crippen molar-refractivity contribution in [3.05, 3.63) is 59.5 Å². The number of hydrogen-bond acceptors (Lipinski definition) is 8. The summed E-state index contributed by atoms with van der Waals surface area (Å²) in [6, 6.07) is 14.2. The summed E-state index contributed by atoms with van der Waals surface area (Å²) in [6.45, 7) is 5.88. The van der Waals surface area contributed by atoms with Crippen LogP contribution in [0.25, 0.3) is 33.4 Å². The Kier molecular flexibility index (Phi) is 7.69. The summed E-state index contributed by atoms with van der Waals surface area (Å²) in [5, 5.41) is 0.746. The molecule has 9 heteroatoms. The molecule has 0 saturated carbocycles. The molecule has 0 radical (unpaired) electrons. The zero-order valence-electron chi connectivity index (χ0n) is 20.2. The number of ether oxygens (including phenoxy) is 2. The first-order chi connectivity index (χ1) is 17.6. The van der Waals surface area contributed by atoms with Crippen molar-refractivity contribution in [2.24, 2.45) is 0 Å². The van der Waals surface area contributed by atoms with Gasteiger partial charge >= 0.3 is 0 Å². The number of hydrogen-bond donors (Lipinski definition) is 1. The van der Waals surface area contributed by atoms with Gasteiger partial charge in [0, 0.05) is 35.9 Å². The molecule has 4 aromatic rings. The van der Waals surface area contributed by atoms with Gasteiger partial charge in [-0.15, -0.1) is 0 Å². The van der Waals surface area contributed by atoms with Crippen LogP contribution in [-0.4, -0.2) is 59.0 Å². The molecule has 4 heterocycles. The Balaban J connectivity index is 1.36. The van der Waals surface area contributed by atoms with Gasteiger partial charge in [0.05, 0.1) is 30.4 Å². The number of aromatic nitrogens is 4. The molecule has 3 aromatic heterocycles. The minimum Gasteiger partial charge on any atom is -0.383 e. The number of fused-ring (bicyclic) bond motifs is 1. The van der Waals surface area contributed by atoms with Gasteiger partial charge < -0.3 is 20.1 Å². The molecule has 1 aliphatic heterocycles. The highest BCUT2D eigenvalue weighted by molar-refractivity contribution is 9.10. The second kappa shape index (κ2) is 11.3. The molecule has 1 saturated heterocycles. The van der Waals surface area contributed by atoms with Crippen LogP contribution < -0.4 is 10.6 Å². The minimum absolute atomic E-state index is 0.286. The summed E-state index contributed by atoms with van der Waals surface area (Å²) in [7, 11) is 0. The maximum atomic E-state index is 6.24. The lowest BCUT2D eigenvalue weighted by atomic mass is 10.0. The van der Waals surface area contributed by atoms with Crippen molar-refractivity contribution in [2.45, 2.75) is 25.9 Å². The Bertz CT molecular complexity index is 1330. The lowest BCUT2D eigenvalue weighted by Gasteiger charge is -2.32. The molecular weight excluding hydrogens is 520 g/mol. The third-order valence-corrected chi connectivity index (χ3v) is 6.86. The molecule has 2 N–H and O–H groups in total. The third-order valence-electron chi connectivity index (χ3n) is 6.36. The van der Waals surface area contributed by atoms with Crippen molar-refractivity contribution in [3.8, 4) is 22.4 Å². The van der Waals surface area contributed by atoms with E-state index in [1.165, 1.54) is 6.33 Å². The Morgan fingerprint density at radius 1 is 1.03 bits per heavy atom. The van der Waals surface area contributed by atoms with Crippen molar-refractivity contribution in [1.29, 1.82) is 0 Å². The van der Waals surface area contributed by atoms with Crippen molar-refractivity contribution in [2.75, 3.05) is 43.5 Å². The van der Waals surface area contributed by atoms with Crippen LogP contribution in [0.3, 0.4) is 0 Å². The fourth-order valence-corrected chi connectivity index (χ4v) is 4.91. The maximum Gasteiger partial charge on any atom is 0.165 e. The van der Waals surface area contributed by atoms with Crippen molar-refractivity contribution in [1.82, 2.24) is 19.9 Å². The molecule has 186 valence electrons. The molecular formula is C27H29BrN6O2. The topological polar surface area (TPSA) is 99.3 Å². The predicted molar refractivity (Wildman–Crippen MR) is 146 cm³/mol. The normalized spacial score (nSPS) is 14.4. The van der Waals surface area contributed by atoms with Crippen molar-refractivity contribution in [3.63, 3.8) is 0 Å². The average Bonchev–Trinajstić information content (AvgIpc) is 2.91. The largest absolute Gasteiger partial charge is 0.383 e. The number of nitrogen functional groups attached to an aromatic ring is 1. The van der Waals surface area contributed by atoms with Crippen LogP contribution in [0.5, 0.6) is 0 Å². The van der Waals surface area contributed by atoms with E-state index in [1.807, 2.05) is 37.4 Å². The number of rotatable bonds is 8. The maximum absolute atomic E-state index is 6.24. The van der Waals surface area contributed by atoms with Gasteiger partial charge in [0.15, 0.2) is 5.65 Å². The number of anilines is 2. The minimum atomic E-state index is 0.286. The van der Waals surface area contributed by atoms with Gasteiger partial charge in [0.2, 0.25) is 0 Å². The monoisotopic (exact) mass is 548 g/mol. The summed E-state index contributed by atoms with van der Waals surface area (Å²) in [5.74, 6) is 1.37. The first-order valence-corrected chi connectivity index (χ1v) is 13.0. The molecule has 1 aromatic carbocycles. The molecule has 5 rings (SSSR count). The Morgan fingerprint density at radius 3 is 2.64 bits per heavy atom. The number of pyridine rings is 2. The van der Waals surface area contributed by atoms with E-state index in [-0.39, 0.29) is 6.10 Å². The number of nitrogens with zero attached hydrogens (tertiary/aromatic N) is 5. The van der Waals surface area contributed by atoms with Crippen LogP contribution >= 0.6 is 15.9 Å². The summed E-state index contributed by atoms with van der Waals surface area (Å²) < 4.78 is 12.3. The van der Waals surface area contributed by atoms with Gasteiger partial charge in [0.25, 0.3) is 0 Å². The van der Waals surface area contributed by atoms with E-state index >= 15 is 0 Å². The van der Waals surface area contributed by atoms with E-state index in [0.29, 0.717) is 24.7 Å². The fraction of sp³-hybridized carbons (Fsp3) is 0.333. The number of benzene rings is 1. The van der Waals surface area contributed by atoms with Gasteiger partial charge in [-0.05, 0) is 61.2 Å². The predicted octanol–water partition coefficient (Wildman–Crippen LogP) is 5.12. The van der Waals surface area contributed by atoms with E-state index in [9.17, 15) is 0 Å². The number of halogens is 1. The molecule has 1 aliphatic rings. The second-order valence-corrected chi connectivity index (χ2v) is 9.60. The lowest BCUT2D eigenvalue weighted by molar-refractivity contribution is -0.00235. The summed E-state index contributed by atoms with van der Waals surface area (Å²) in [6.07, 6.45) is 5.58. The molecule has 0 spiro atoms. The van der Waals surface area contributed by atoms with Crippen LogP contribution in [0.4, 0.5) is 11.6 Å². The van der Waals surface area contributed by atoms with Crippen LogP contribution in [-0.2, 0) is 9.47 Å². The molecule has 0 aliphatic carbocycles. The van der Waals surface area contributed by atoms with Gasteiger partial charge in [-0.3, -0.25) is 0 Å². The molecule has 0 bridgehead atoms. The van der Waals surface area contributed by atoms with Crippen LogP contribution in [0.1, 0.15) is 19.8 Å². The second-order valence-electron chi connectivity index (χ2n) is 8.68. The fourth-order valence-electron chi connectivity index (χ4n) is 4.51. The lowest BCUT2D eigenvalue weighted by Crippen LogP contribution is -2.37. The Labute approximate surface area is 219 Å². The van der Waals surface area contributed by atoms with Crippen molar-refractivity contribution >= 4 is 38.6 Å². The molecule has 1 fully saturated rings. The van der Waals surface area contributed by atoms with Gasteiger partial charge in [0.1, 0.15) is 18.0 Å². The van der Waals surface area contributed by atoms with E-state index in [0.717, 1.165) is 70.6 Å². The standard InChI is InChI=1S/C27H29BrN6O2/c1-2-35-12-13-36-21-8-10-34(11-9-21)24-7-6-19(16-30-24)23-15-22(18-4-3-5-20(28)14-18)25-26(29)31-17-32-27(25)33-23/h3-7,14-17,21H,2,8-13H2,1H3,(H2,29,31,32,33). The summed E-state index contributed by atoms with van der Waals surface area (Å²) in [4.78, 5) is 20.5. The summed E-state index contributed by atoms with van der Waals surface area (Å²) in [5.41, 5.74) is 10.5. The Hall–Kier alpha value is -3.14. The highest BCUT2D eigenvalue weighted by Gasteiger charge is 2.21. The van der Waals surface area contributed by atoms with Crippen LogP contribution in [0.2, 0.25) is 0 Å². The molecule has 0 amide bonds. The van der Waals surface area contributed by atoms with E-state index in [2.05, 4.69) is 49.0 Å². The molecule has 8 nitrogen and oxygen atoms in total. The average molecular weight is 549 g/mol. The SMILES string of the molecule is CCOCCOC1CCN(c2ccc(-c3cc(-c4cccc(Br)c4)c4c(N)ncnc4n3)cn2)CC1. The molecule has 36 heavy (non-hydrogen) atoms. The number of nitrogens with two attached hydrogens (primary N) is 1. The van der Waals surface area contributed by atoms with E-state index in [4.69, 9.17) is 25.2 Å². The van der Waals surface area contributed by atoms with Gasteiger partial charge in [-0.1, -0.05) is 28.1 Å². The number of piperidine rings is 1. The zero-order valence-corrected chi connectivity index (χ0v) is 21.8. The highest BCUT2D eigenvalue weighted by atomic mass is 79.9. The quantitative estimate of drug-likeness (QED) is 0.303. The smallest absolute Gasteiger partial charge is 0.165 e. The molecule has 0 unspecified atom stereocenters. The van der Waals surface area contributed by atoms with Crippen LogP contribution in [0, 0.1) is 0 Å². The Morgan fingerprint density at radius 2 is 1.89 bits per heavy atom. The van der Waals surface area contributed by atoms with E-state index in [1.54, 1.807) is 0 Å². The highest BCUT2D eigenvalue weighted by Crippen LogP contribution is 2.34. The van der Waals surface area contributed by atoms with Gasteiger partial charge in [-0.2, -0.15) is 0 Å². The van der Waals surface area contributed by atoms with E-state index < -0.39 is 0 Å². The zero-order chi connectivity index (χ0) is 24.9. The summed E-state index contributed by atoms with van der Waals surface area (Å²) >= 11 is 3.57. The first kappa shape index (κ1) is 24.5. The van der Waals surface area contributed by atoms with Gasteiger partial charge in [-0.25, -0.2) is 19.9 Å². The van der Waals surface area contributed by atoms with Crippen LogP contribution in [0.15, 0.2) is 59.5 Å². The first-order valence-electron chi connectivity index (χ1n) is 12.2. The molecule has 0 atom stereocenters. The van der Waals surface area contributed by atoms with Crippen molar-refractivity contribution < 1.29 is 9.47 Å².